The molecule has 0 aliphatic rings. The first-order valence-corrected chi connectivity index (χ1v) is 7.10. The molecule has 22 heavy (non-hydrogen) atoms. The number of carbonyl (C=O) groups excluding carboxylic acids is 1. The SMILES string of the molecule is COc1ccc(CC(=O)N[C@H](C)c2ccc(C)o2)c(OC)c1. The molecule has 0 spiro atoms. The largest absolute Gasteiger partial charge is 0.497 e. The lowest BCUT2D eigenvalue weighted by atomic mass is 10.1. The van der Waals surface area contributed by atoms with Crippen LogP contribution in [0.4, 0.5) is 0 Å². The van der Waals surface area contributed by atoms with Crippen molar-refractivity contribution in [3.8, 4) is 11.5 Å². The van der Waals surface area contributed by atoms with Gasteiger partial charge in [0.1, 0.15) is 23.0 Å². The second kappa shape index (κ2) is 7.02. The Hall–Kier alpha value is -2.43. The first kappa shape index (κ1) is 15.9. The summed E-state index contributed by atoms with van der Waals surface area (Å²) in [6, 6.07) is 8.98. The van der Waals surface area contributed by atoms with Gasteiger partial charge in [-0.3, -0.25) is 4.79 Å². The van der Waals surface area contributed by atoms with Gasteiger partial charge >= 0.3 is 0 Å². The lowest BCUT2D eigenvalue weighted by molar-refractivity contribution is -0.121. The zero-order valence-corrected chi connectivity index (χ0v) is 13.3. The first-order chi connectivity index (χ1) is 10.5. The molecule has 5 heteroatoms. The summed E-state index contributed by atoms with van der Waals surface area (Å²) in [7, 11) is 3.17. The van der Waals surface area contributed by atoms with E-state index in [0.717, 1.165) is 17.1 Å². The van der Waals surface area contributed by atoms with Crippen LogP contribution in [0.2, 0.25) is 0 Å². The number of amides is 1. The van der Waals surface area contributed by atoms with Crippen LogP contribution in [0.5, 0.6) is 11.5 Å². The highest BCUT2D eigenvalue weighted by Gasteiger charge is 2.15. The second-order valence-corrected chi connectivity index (χ2v) is 5.09. The normalized spacial score (nSPS) is 11.8. The second-order valence-electron chi connectivity index (χ2n) is 5.09. The van der Waals surface area contributed by atoms with E-state index in [1.807, 2.05) is 38.1 Å². The van der Waals surface area contributed by atoms with Crippen LogP contribution in [0.25, 0.3) is 0 Å². The van der Waals surface area contributed by atoms with Crippen molar-refractivity contribution in [3.05, 3.63) is 47.4 Å². The zero-order valence-electron chi connectivity index (χ0n) is 13.3. The highest BCUT2D eigenvalue weighted by atomic mass is 16.5. The van der Waals surface area contributed by atoms with Crippen molar-refractivity contribution >= 4 is 5.91 Å². The fourth-order valence-corrected chi connectivity index (χ4v) is 2.22. The monoisotopic (exact) mass is 303 g/mol. The van der Waals surface area contributed by atoms with Crippen molar-refractivity contribution in [1.29, 1.82) is 0 Å². The van der Waals surface area contributed by atoms with Crippen molar-refractivity contribution in [2.45, 2.75) is 26.3 Å². The Morgan fingerprint density at radius 3 is 2.59 bits per heavy atom. The number of aryl methyl sites for hydroxylation is 1. The summed E-state index contributed by atoms with van der Waals surface area (Å²) in [6.45, 7) is 3.77. The van der Waals surface area contributed by atoms with Gasteiger partial charge in [-0.25, -0.2) is 0 Å². The Balaban J connectivity index is 2.02. The van der Waals surface area contributed by atoms with Gasteiger partial charge < -0.3 is 19.2 Å². The Kier molecular flexibility index (Phi) is 5.09. The average Bonchev–Trinajstić information content (AvgIpc) is 2.94. The van der Waals surface area contributed by atoms with Crippen LogP contribution < -0.4 is 14.8 Å². The number of hydrogen-bond donors (Lipinski definition) is 1. The Morgan fingerprint density at radius 2 is 2.00 bits per heavy atom. The summed E-state index contributed by atoms with van der Waals surface area (Å²) in [5.74, 6) is 2.81. The molecule has 118 valence electrons. The minimum atomic E-state index is -0.176. The number of furan rings is 1. The van der Waals surface area contributed by atoms with Gasteiger partial charge in [-0.15, -0.1) is 0 Å². The minimum Gasteiger partial charge on any atom is -0.497 e. The molecule has 2 rings (SSSR count). The first-order valence-electron chi connectivity index (χ1n) is 7.10. The van der Waals surface area contributed by atoms with E-state index in [2.05, 4.69) is 5.32 Å². The summed E-state index contributed by atoms with van der Waals surface area (Å²) in [5, 5.41) is 2.92. The minimum absolute atomic E-state index is 0.0926. The number of hydrogen-bond acceptors (Lipinski definition) is 4. The van der Waals surface area contributed by atoms with E-state index in [1.54, 1.807) is 20.3 Å². The molecule has 1 amide bonds. The molecule has 0 saturated heterocycles. The fourth-order valence-electron chi connectivity index (χ4n) is 2.22. The molecule has 1 aromatic carbocycles. The number of methoxy groups -OCH3 is 2. The van der Waals surface area contributed by atoms with Crippen LogP contribution >= 0.6 is 0 Å². The van der Waals surface area contributed by atoms with Gasteiger partial charge in [0.05, 0.1) is 26.7 Å². The lowest BCUT2D eigenvalue weighted by Crippen LogP contribution is -2.28. The van der Waals surface area contributed by atoms with Crippen LogP contribution in [-0.4, -0.2) is 20.1 Å². The third-order valence-corrected chi connectivity index (χ3v) is 3.41. The predicted molar refractivity (Wildman–Crippen MR) is 83.3 cm³/mol. The van der Waals surface area contributed by atoms with E-state index in [4.69, 9.17) is 13.9 Å². The Labute approximate surface area is 130 Å². The molecule has 0 aliphatic heterocycles. The lowest BCUT2D eigenvalue weighted by Gasteiger charge is -2.13. The summed E-state index contributed by atoms with van der Waals surface area (Å²) in [5.41, 5.74) is 0.809. The summed E-state index contributed by atoms with van der Waals surface area (Å²) in [6.07, 6.45) is 0.233. The summed E-state index contributed by atoms with van der Waals surface area (Å²) >= 11 is 0. The van der Waals surface area contributed by atoms with E-state index in [-0.39, 0.29) is 18.4 Å². The molecule has 0 unspecified atom stereocenters. The standard InChI is InChI=1S/C17H21NO4/c1-11-5-8-15(22-11)12(2)18-17(19)9-13-6-7-14(20-3)10-16(13)21-4/h5-8,10,12H,9H2,1-4H3,(H,18,19)/t12-/m1/s1. The number of carbonyl (C=O) groups is 1. The molecule has 0 aliphatic carbocycles. The van der Waals surface area contributed by atoms with Crippen molar-refractivity contribution in [2.24, 2.45) is 0 Å². The molecule has 2 aromatic rings. The topological polar surface area (TPSA) is 60.7 Å². The number of rotatable bonds is 6. The third-order valence-electron chi connectivity index (χ3n) is 3.41. The zero-order chi connectivity index (χ0) is 16.1. The molecule has 1 aromatic heterocycles. The third kappa shape index (κ3) is 3.81. The maximum Gasteiger partial charge on any atom is 0.225 e. The van der Waals surface area contributed by atoms with Gasteiger partial charge in [0, 0.05) is 11.6 Å². The van der Waals surface area contributed by atoms with E-state index in [9.17, 15) is 4.79 Å². The Bertz CT molecular complexity index is 648. The van der Waals surface area contributed by atoms with Crippen LogP contribution in [0.1, 0.15) is 30.0 Å². The average molecular weight is 303 g/mol. The molecule has 0 bridgehead atoms. The van der Waals surface area contributed by atoms with Crippen molar-refractivity contribution in [1.82, 2.24) is 5.32 Å². The molecule has 5 nitrogen and oxygen atoms in total. The van der Waals surface area contributed by atoms with Crippen molar-refractivity contribution in [2.75, 3.05) is 14.2 Å². The maximum atomic E-state index is 12.2. The predicted octanol–water partition coefficient (Wildman–Crippen LogP) is 3.03. The molecule has 1 atom stereocenters. The Morgan fingerprint density at radius 1 is 1.23 bits per heavy atom. The maximum absolute atomic E-state index is 12.2. The van der Waals surface area contributed by atoms with Crippen LogP contribution in [0, 0.1) is 6.92 Å². The van der Waals surface area contributed by atoms with Crippen molar-refractivity contribution in [3.63, 3.8) is 0 Å². The van der Waals surface area contributed by atoms with Gasteiger partial charge in [-0.1, -0.05) is 6.07 Å². The van der Waals surface area contributed by atoms with Gasteiger partial charge in [-0.2, -0.15) is 0 Å². The summed E-state index contributed by atoms with van der Waals surface area (Å²) in [4.78, 5) is 12.2. The van der Waals surface area contributed by atoms with E-state index in [0.29, 0.717) is 11.5 Å². The van der Waals surface area contributed by atoms with E-state index < -0.39 is 0 Å². The number of ether oxygens (including phenoxy) is 2. The quantitative estimate of drug-likeness (QED) is 0.891. The van der Waals surface area contributed by atoms with Gasteiger partial charge in [0.25, 0.3) is 0 Å². The molecule has 0 radical (unpaired) electrons. The van der Waals surface area contributed by atoms with Gasteiger partial charge in [-0.05, 0) is 32.0 Å². The van der Waals surface area contributed by atoms with Crippen LogP contribution in [0.3, 0.4) is 0 Å². The smallest absolute Gasteiger partial charge is 0.225 e. The van der Waals surface area contributed by atoms with E-state index >= 15 is 0 Å². The summed E-state index contributed by atoms with van der Waals surface area (Å²) < 4.78 is 16.0. The van der Waals surface area contributed by atoms with Crippen molar-refractivity contribution < 1.29 is 18.7 Å². The highest BCUT2D eigenvalue weighted by Crippen LogP contribution is 2.25. The van der Waals surface area contributed by atoms with Crippen LogP contribution in [0.15, 0.2) is 34.7 Å². The number of nitrogens with one attached hydrogen (secondary N) is 1. The highest BCUT2D eigenvalue weighted by molar-refractivity contribution is 5.79. The van der Waals surface area contributed by atoms with Gasteiger partial charge in [0.15, 0.2) is 0 Å². The molecule has 1 heterocycles. The van der Waals surface area contributed by atoms with E-state index in [1.165, 1.54) is 0 Å². The molecule has 1 N–H and O–H groups in total. The molecule has 0 saturated carbocycles. The molecular formula is C17H21NO4. The molecular weight excluding hydrogens is 282 g/mol. The fraction of sp³-hybridized carbons (Fsp3) is 0.353. The van der Waals surface area contributed by atoms with Gasteiger partial charge in [0.2, 0.25) is 5.91 Å². The number of benzene rings is 1. The molecule has 0 fully saturated rings. The van der Waals surface area contributed by atoms with Crippen LogP contribution in [-0.2, 0) is 11.2 Å².